The van der Waals surface area contributed by atoms with Crippen LogP contribution in [-0.2, 0) is 13.0 Å². The fraction of sp³-hybridized carbons (Fsp3) is 0.583. The van der Waals surface area contributed by atoms with E-state index in [-0.39, 0.29) is 46.9 Å². The molecular weight excluding hydrogens is 491 g/mol. The van der Waals surface area contributed by atoms with E-state index in [1.165, 1.54) is 18.2 Å². The maximum Gasteiger partial charge on any atom is 0.573 e. The molecule has 1 saturated carbocycles. The molecule has 13 heteroatoms. The van der Waals surface area contributed by atoms with E-state index < -0.39 is 11.3 Å². The van der Waals surface area contributed by atoms with Gasteiger partial charge in [0.15, 0.2) is 0 Å². The van der Waals surface area contributed by atoms with Gasteiger partial charge in [-0.15, -0.1) is 13.2 Å². The van der Waals surface area contributed by atoms with Crippen molar-refractivity contribution in [1.82, 2.24) is 19.8 Å². The fourth-order valence-corrected chi connectivity index (χ4v) is 5.16. The number of ether oxygens (including phenoxy) is 1. The lowest BCUT2D eigenvalue weighted by molar-refractivity contribution is -0.385. The van der Waals surface area contributed by atoms with Crippen LogP contribution in [0.1, 0.15) is 36.9 Å². The van der Waals surface area contributed by atoms with E-state index in [9.17, 15) is 23.3 Å². The van der Waals surface area contributed by atoms with Crippen molar-refractivity contribution in [2.24, 2.45) is 5.92 Å². The third kappa shape index (κ3) is 7.19. The number of likely N-dealkylation sites (N-methyl/N-ethyl adjacent to an activating group) is 1. The topological polar surface area (TPSA) is 123 Å². The second-order valence-corrected chi connectivity index (χ2v) is 9.71. The van der Waals surface area contributed by atoms with Gasteiger partial charge in [-0.25, -0.2) is 4.98 Å². The van der Waals surface area contributed by atoms with Crippen LogP contribution in [0.3, 0.4) is 0 Å². The maximum absolute atomic E-state index is 12.7. The van der Waals surface area contributed by atoms with E-state index in [0.29, 0.717) is 12.5 Å². The van der Waals surface area contributed by atoms with Gasteiger partial charge in [-0.1, -0.05) is 18.2 Å². The highest BCUT2D eigenvalue weighted by Gasteiger charge is 2.33. The average molecular weight is 524 g/mol. The Morgan fingerprint density at radius 2 is 1.81 bits per heavy atom. The molecule has 2 aromatic rings. The van der Waals surface area contributed by atoms with Gasteiger partial charge in [0, 0.05) is 44.3 Å². The number of nitro groups is 1. The first-order chi connectivity index (χ1) is 17.6. The number of halogens is 3. The van der Waals surface area contributed by atoms with Crippen LogP contribution in [0.4, 0.5) is 30.6 Å². The van der Waals surface area contributed by atoms with E-state index in [1.807, 2.05) is 0 Å². The maximum atomic E-state index is 12.7. The van der Waals surface area contributed by atoms with Gasteiger partial charge in [-0.2, -0.15) is 4.98 Å². The lowest BCUT2D eigenvalue weighted by Gasteiger charge is -2.41. The van der Waals surface area contributed by atoms with E-state index in [4.69, 9.17) is 5.73 Å². The summed E-state index contributed by atoms with van der Waals surface area (Å²) in [5.41, 5.74) is 6.08. The Morgan fingerprint density at radius 1 is 1.14 bits per heavy atom. The summed E-state index contributed by atoms with van der Waals surface area (Å²) in [6.45, 7) is 4.17. The summed E-state index contributed by atoms with van der Waals surface area (Å²) in [5.74, 6) is -0.380. The van der Waals surface area contributed by atoms with Crippen molar-refractivity contribution in [3.63, 3.8) is 0 Å². The van der Waals surface area contributed by atoms with E-state index in [0.717, 1.165) is 51.9 Å². The zero-order valence-corrected chi connectivity index (χ0v) is 20.7. The fourth-order valence-electron chi connectivity index (χ4n) is 5.16. The highest BCUT2D eigenvalue weighted by Crippen LogP contribution is 2.34. The number of alkyl halides is 3. The van der Waals surface area contributed by atoms with Gasteiger partial charge < -0.3 is 20.7 Å². The molecule has 2 heterocycles. The van der Waals surface area contributed by atoms with E-state index in [2.05, 4.69) is 36.9 Å². The Morgan fingerprint density at radius 3 is 2.46 bits per heavy atom. The smallest absolute Gasteiger partial charge is 0.405 e. The number of para-hydroxylation sites is 1. The van der Waals surface area contributed by atoms with Gasteiger partial charge in [-0.05, 0) is 51.1 Å². The lowest BCUT2D eigenvalue weighted by Crippen LogP contribution is -2.49. The molecule has 1 saturated heterocycles. The second kappa shape index (κ2) is 11.5. The number of hydrogen-bond acceptors (Lipinski definition) is 9. The second-order valence-electron chi connectivity index (χ2n) is 9.71. The highest BCUT2D eigenvalue weighted by atomic mass is 19.4. The molecule has 0 amide bonds. The average Bonchev–Trinajstić information content (AvgIpc) is 2.83. The van der Waals surface area contributed by atoms with Crippen LogP contribution in [-0.4, -0.2) is 70.3 Å². The minimum atomic E-state index is -4.83. The number of nitrogens with two attached hydrogens (primary N) is 1. The first-order valence-corrected chi connectivity index (χ1v) is 12.4. The molecule has 2 aliphatic rings. The van der Waals surface area contributed by atoms with Crippen molar-refractivity contribution in [2.45, 2.75) is 51.1 Å². The minimum absolute atomic E-state index is 0.0195. The standard InChI is InChI=1S/C24H32F3N7O3/c1-32-10-12-33(13-11-32)18-8-6-16(7-9-18)14-19-21(34(35)36)22(28)31-23(30-19)29-15-17-4-2-3-5-20(17)37-24(25,26)27/h2-5,16,18H,6-15H2,1H3,(H3,28,29,30,31)/t16-,18-. The van der Waals surface area contributed by atoms with Gasteiger partial charge in [0.05, 0.1) is 4.92 Å². The normalized spacial score (nSPS) is 21.5. The SMILES string of the molecule is CN1CCN([C@H]2CC[C@H](Cc3nc(NCc4ccccc4OC(F)(F)F)nc(N)c3[N+](=O)[O-])CC2)CC1. The Bertz CT molecular complexity index is 1090. The lowest BCUT2D eigenvalue weighted by atomic mass is 9.82. The molecule has 202 valence electrons. The summed E-state index contributed by atoms with van der Waals surface area (Å²) >= 11 is 0. The summed E-state index contributed by atoms with van der Waals surface area (Å²) in [6.07, 6.45) is -0.512. The van der Waals surface area contributed by atoms with Gasteiger partial charge in [-0.3, -0.25) is 15.0 Å². The number of nitrogens with one attached hydrogen (secondary N) is 1. The third-order valence-corrected chi connectivity index (χ3v) is 7.15. The van der Waals surface area contributed by atoms with Gasteiger partial charge in [0.2, 0.25) is 11.8 Å². The molecule has 0 radical (unpaired) electrons. The van der Waals surface area contributed by atoms with E-state index >= 15 is 0 Å². The number of piperazine rings is 1. The van der Waals surface area contributed by atoms with Crippen LogP contribution in [0, 0.1) is 16.0 Å². The van der Waals surface area contributed by atoms with Crippen LogP contribution in [0.15, 0.2) is 24.3 Å². The molecule has 1 aromatic heterocycles. The largest absolute Gasteiger partial charge is 0.573 e. The number of aromatic nitrogens is 2. The third-order valence-electron chi connectivity index (χ3n) is 7.15. The predicted octanol–water partition coefficient (Wildman–Crippen LogP) is 3.83. The molecule has 4 rings (SSSR count). The van der Waals surface area contributed by atoms with Crippen molar-refractivity contribution in [3.8, 4) is 5.75 Å². The molecule has 0 atom stereocenters. The molecule has 10 nitrogen and oxygen atoms in total. The molecule has 1 aromatic carbocycles. The number of anilines is 2. The Labute approximate surface area is 213 Å². The summed E-state index contributed by atoms with van der Waals surface area (Å²) in [5, 5.41) is 14.6. The Hall–Kier alpha value is -3.19. The van der Waals surface area contributed by atoms with Gasteiger partial charge in [0.25, 0.3) is 0 Å². The molecular formula is C24H32F3N7O3. The summed E-state index contributed by atoms with van der Waals surface area (Å²) < 4.78 is 42.3. The Kier molecular flexibility index (Phi) is 8.32. The molecule has 0 bridgehead atoms. The van der Waals surface area contributed by atoms with Crippen molar-refractivity contribution < 1.29 is 22.8 Å². The summed E-state index contributed by atoms with van der Waals surface area (Å²) in [7, 11) is 2.13. The van der Waals surface area contributed by atoms with Crippen LogP contribution in [0.2, 0.25) is 0 Å². The van der Waals surface area contributed by atoms with Crippen LogP contribution >= 0.6 is 0 Å². The number of nitrogens with zero attached hydrogens (tertiary/aromatic N) is 5. The molecule has 2 fully saturated rings. The molecule has 1 aliphatic heterocycles. The number of rotatable bonds is 8. The molecule has 37 heavy (non-hydrogen) atoms. The number of benzene rings is 1. The Balaban J connectivity index is 1.43. The zero-order chi connectivity index (χ0) is 26.6. The van der Waals surface area contributed by atoms with Gasteiger partial charge >= 0.3 is 12.0 Å². The number of nitrogen functional groups attached to an aromatic ring is 1. The monoisotopic (exact) mass is 523 g/mol. The predicted molar refractivity (Wildman–Crippen MR) is 132 cm³/mol. The first kappa shape index (κ1) is 26.9. The van der Waals surface area contributed by atoms with Crippen molar-refractivity contribution in [2.75, 3.05) is 44.3 Å². The first-order valence-electron chi connectivity index (χ1n) is 12.4. The van der Waals surface area contributed by atoms with Gasteiger partial charge in [0.1, 0.15) is 11.4 Å². The van der Waals surface area contributed by atoms with Crippen molar-refractivity contribution in [1.29, 1.82) is 0 Å². The van der Waals surface area contributed by atoms with Crippen LogP contribution in [0.5, 0.6) is 5.75 Å². The summed E-state index contributed by atoms with van der Waals surface area (Å²) in [4.78, 5) is 24.4. The number of hydrogen-bond donors (Lipinski definition) is 2. The molecule has 0 spiro atoms. The van der Waals surface area contributed by atoms with Crippen LogP contribution in [0.25, 0.3) is 0 Å². The highest BCUT2D eigenvalue weighted by molar-refractivity contribution is 5.58. The molecule has 1 aliphatic carbocycles. The van der Waals surface area contributed by atoms with Crippen molar-refractivity contribution in [3.05, 3.63) is 45.6 Å². The molecule has 0 unspecified atom stereocenters. The van der Waals surface area contributed by atoms with Crippen LogP contribution < -0.4 is 15.8 Å². The van der Waals surface area contributed by atoms with E-state index in [1.54, 1.807) is 6.07 Å². The zero-order valence-electron chi connectivity index (χ0n) is 20.7. The molecule has 3 N–H and O–H groups in total. The minimum Gasteiger partial charge on any atom is -0.405 e. The summed E-state index contributed by atoms with van der Waals surface area (Å²) in [6, 6.07) is 6.23. The quantitative estimate of drug-likeness (QED) is 0.393. The van der Waals surface area contributed by atoms with Crippen molar-refractivity contribution >= 4 is 17.5 Å².